The lowest BCUT2D eigenvalue weighted by atomic mass is 9.69. The Hall–Kier alpha value is -0.0800. The lowest BCUT2D eigenvalue weighted by Gasteiger charge is -2.38. The molecular weight excluding hydrogens is 176 g/mol. The van der Waals surface area contributed by atoms with Crippen molar-refractivity contribution >= 4 is 0 Å². The van der Waals surface area contributed by atoms with E-state index in [1.807, 2.05) is 7.11 Å². The second-order valence-electron chi connectivity index (χ2n) is 6.32. The Morgan fingerprint density at radius 1 is 1.21 bits per heavy atom. The molecule has 0 aromatic carbocycles. The predicted octanol–water partition coefficient (Wildman–Crippen LogP) is 0.752. The zero-order valence-electron chi connectivity index (χ0n) is 8.39. The molecule has 6 saturated carbocycles. The summed E-state index contributed by atoms with van der Waals surface area (Å²) in [6.45, 7) is 0.986. The molecule has 9 atom stereocenters. The maximum atomic E-state index is 10.0. The maximum absolute atomic E-state index is 10.0. The molecule has 0 unspecified atom stereocenters. The molecule has 0 spiro atoms. The van der Waals surface area contributed by atoms with Crippen LogP contribution in [0.3, 0.4) is 0 Å². The molecule has 14 heavy (non-hydrogen) atoms. The average Bonchev–Trinajstić information content (AvgIpc) is 2.98. The summed E-state index contributed by atoms with van der Waals surface area (Å²) in [5, 5.41) is 10.0. The van der Waals surface area contributed by atoms with E-state index in [1.165, 1.54) is 0 Å². The maximum Gasteiger partial charge on any atom is 0.0577 e. The fourth-order valence-electron chi connectivity index (χ4n) is 6.60. The highest BCUT2D eigenvalue weighted by atomic mass is 16.5. The third kappa shape index (κ3) is 0.424. The summed E-state index contributed by atoms with van der Waals surface area (Å²) in [7, 11) is 1.84. The minimum Gasteiger partial charge on any atom is -0.393 e. The number of fused-ring (bicyclic) bond motifs is 1. The fourth-order valence-corrected chi connectivity index (χ4v) is 6.60. The SMILES string of the molecule is COC[C@@]12[C@@H]3[C@@H]4[C@H]3[C@@H]3C[C@@H](O)[C@H]4[C@@H]1[C@H]32. The first kappa shape index (κ1) is 7.24. The van der Waals surface area contributed by atoms with Gasteiger partial charge in [0, 0.05) is 12.5 Å². The van der Waals surface area contributed by atoms with E-state index >= 15 is 0 Å². The van der Waals surface area contributed by atoms with Gasteiger partial charge in [-0.3, -0.25) is 0 Å². The minimum absolute atomic E-state index is 0.0498. The molecule has 6 aliphatic carbocycles. The van der Waals surface area contributed by atoms with Crippen molar-refractivity contribution in [3.8, 4) is 0 Å². The zero-order valence-corrected chi connectivity index (χ0v) is 8.39. The largest absolute Gasteiger partial charge is 0.393 e. The molecule has 1 N–H and O–H groups in total. The standard InChI is InChI=1S/C12H16O2/c1-14-3-12-9-4-2-5(13)7(11(9)12)8-6(4)10(8)12/h4-11,13H,2-3H2,1H3/t4-,5+,6+,7+,8+,9-,10-,11+,12+/m0/s1. The number of ether oxygens (including phenoxy) is 1. The van der Waals surface area contributed by atoms with E-state index in [-0.39, 0.29) is 6.10 Å². The third-order valence-electron chi connectivity index (χ3n) is 6.44. The molecule has 2 bridgehead atoms. The average molecular weight is 192 g/mol. The van der Waals surface area contributed by atoms with Gasteiger partial charge >= 0.3 is 0 Å². The summed E-state index contributed by atoms with van der Waals surface area (Å²) in [5.74, 6) is 6.35. The van der Waals surface area contributed by atoms with Crippen LogP contribution in [-0.2, 0) is 4.74 Å². The summed E-state index contributed by atoms with van der Waals surface area (Å²) >= 11 is 0. The smallest absolute Gasteiger partial charge is 0.0577 e. The summed E-state index contributed by atoms with van der Waals surface area (Å²) < 4.78 is 5.44. The number of aliphatic hydroxyl groups is 1. The normalized spacial score (nSPS) is 79.3. The van der Waals surface area contributed by atoms with Crippen molar-refractivity contribution < 1.29 is 9.84 Å². The summed E-state index contributed by atoms with van der Waals surface area (Å²) in [6, 6.07) is 0. The second-order valence-corrected chi connectivity index (χ2v) is 6.32. The van der Waals surface area contributed by atoms with Crippen molar-refractivity contribution in [2.75, 3.05) is 13.7 Å². The Morgan fingerprint density at radius 3 is 2.71 bits per heavy atom. The molecule has 2 heteroatoms. The number of hydrogen-bond acceptors (Lipinski definition) is 2. The molecule has 0 aliphatic heterocycles. The van der Waals surface area contributed by atoms with Gasteiger partial charge in [0.25, 0.3) is 0 Å². The van der Waals surface area contributed by atoms with Crippen LogP contribution in [0.25, 0.3) is 0 Å². The Bertz CT molecular complexity index is 337. The van der Waals surface area contributed by atoms with Gasteiger partial charge in [-0.25, -0.2) is 0 Å². The molecule has 0 heterocycles. The molecule has 0 radical (unpaired) electrons. The van der Waals surface area contributed by atoms with Crippen LogP contribution < -0.4 is 0 Å². The van der Waals surface area contributed by atoms with Gasteiger partial charge in [0.2, 0.25) is 0 Å². The van der Waals surface area contributed by atoms with Crippen molar-refractivity contribution in [3.05, 3.63) is 0 Å². The summed E-state index contributed by atoms with van der Waals surface area (Å²) in [5.41, 5.74) is 0.580. The van der Waals surface area contributed by atoms with E-state index in [2.05, 4.69) is 0 Å². The van der Waals surface area contributed by atoms with Crippen LogP contribution in [0.4, 0.5) is 0 Å². The molecule has 0 aromatic rings. The molecule has 2 nitrogen and oxygen atoms in total. The van der Waals surface area contributed by atoms with E-state index in [4.69, 9.17) is 4.74 Å². The fraction of sp³-hybridized carbons (Fsp3) is 1.00. The molecule has 6 aliphatic rings. The first-order valence-electron chi connectivity index (χ1n) is 5.99. The van der Waals surface area contributed by atoms with E-state index in [9.17, 15) is 5.11 Å². The van der Waals surface area contributed by atoms with Crippen LogP contribution in [-0.4, -0.2) is 24.9 Å². The van der Waals surface area contributed by atoms with Crippen LogP contribution in [0.2, 0.25) is 0 Å². The van der Waals surface area contributed by atoms with Gasteiger partial charge in [0.05, 0.1) is 12.7 Å². The Morgan fingerprint density at radius 2 is 2.07 bits per heavy atom. The summed E-state index contributed by atoms with van der Waals surface area (Å²) in [4.78, 5) is 0. The Labute approximate surface area is 83.6 Å². The molecule has 76 valence electrons. The van der Waals surface area contributed by atoms with Crippen molar-refractivity contribution in [3.63, 3.8) is 0 Å². The van der Waals surface area contributed by atoms with E-state index in [0.717, 1.165) is 48.5 Å². The first-order valence-corrected chi connectivity index (χ1v) is 5.99. The highest BCUT2D eigenvalue weighted by Crippen LogP contribution is 2.97. The monoisotopic (exact) mass is 192 g/mol. The van der Waals surface area contributed by atoms with Gasteiger partial charge in [-0.1, -0.05) is 0 Å². The molecular formula is C12H16O2. The quantitative estimate of drug-likeness (QED) is 0.699. The zero-order chi connectivity index (χ0) is 9.24. The van der Waals surface area contributed by atoms with E-state index in [0.29, 0.717) is 11.3 Å². The molecule has 0 saturated heterocycles. The number of methoxy groups -OCH3 is 1. The van der Waals surface area contributed by atoms with Crippen LogP contribution in [0, 0.1) is 46.8 Å². The summed E-state index contributed by atoms with van der Waals surface area (Å²) in [6.07, 6.45) is 1.17. The second kappa shape index (κ2) is 1.69. The Balaban J connectivity index is 1.66. The van der Waals surface area contributed by atoms with Gasteiger partial charge in [-0.2, -0.15) is 0 Å². The van der Waals surface area contributed by atoms with Gasteiger partial charge < -0.3 is 9.84 Å². The van der Waals surface area contributed by atoms with Gasteiger partial charge in [-0.15, -0.1) is 0 Å². The van der Waals surface area contributed by atoms with Gasteiger partial charge in [0.15, 0.2) is 0 Å². The molecule has 6 rings (SSSR count). The minimum atomic E-state index is 0.0498. The van der Waals surface area contributed by atoms with Crippen LogP contribution in [0.5, 0.6) is 0 Å². The first-order chi connectivity index (χ1) is 6.82. The van der Waals surface area contributed by atoms with E-state index < -0.39 is 0 Å². The predicted molar refractivity (Wildman–Crippen MR) is 49.4 cm³/mol. The van der Waals surface area contributed by atoms with Gasteiger partial charge in [-0.05, 0) is 47.8 Å². The van der Waals surface area contributed by atoms with Crippen LogP contribution >= 0.6 is 0 Å². The molecule has 0 amide bonds. The van der Waals surface area contributed by atoms with Crippen molar-refractivity contribution in [1.29, 1.82) is 0 Å². The Kier molecular flexibility index (Phi) is 0.875. The lowest BCUT2D eigenvalue weighted by molar-refractivity contribution is -0.0127. The van der Waals surface area contributed by atoms with Crippen molar-refractivity contribution in [2.24, 2.45) is 46.8 Å². The van der Waals surface area contributed by atoms with Crippen LogP contribution in [0.1, 0.15) is 6.42 Å². The molecule has 0 aromatic heterocycles. The van der Waals surface area contributed by atoms with E-state index in [1.54, 1.807) is 0 Å². The highest BCUT2D eigenvalue weighted by molar-refractivity contribution is 5.42. The third-order valence-corrected chi connectivity index (χ3v) is 6.44. The number of hydrogen-bond donors (Lipinski definition) is 1. The van der Waals surface area contributed by atoms with Crippen molar-refractivity contribution in [1.82, 2.24) is 0 Å². The van der Waals surface area contributed by atoms with Gasteiger partial charge in [0.1, 0.15) is 0 Å². The lowest BCUT2D eigenvalue weighted by Crippen LogP contribution is -2.39. The molecule has 6 fully saturated rings. The number of aliphatic hydroxyl groups excluding tert-OH is 1. The topological polar surface area (TPSA) is 29.5 Å². The van der Waals surface area contributed by atoms with Crippen LogP contribution in [0.15, 0.2) is 0 Å². The van der Waals surface area contributed by atoms with Crippen molar-refractivity contribution in [2.45, 2.75) is 12.5 Å². The highest BCUT2D eigenvalue weighted by Gasteiger charge is 2.96. The number of rotatable bonds is 2.